The minimum Gasteiger partial charge on any atom is -0.477 e. The van der Waals surface area contributed by atoms with Gasteiger partial charge in [0.1, 0.15) is 5.37 Å². The second-order valence-corrected chi connectivity index (χ2v) is 10.9. The number of thiazole rings is 1. The van der Waals surface area contributed by atoms with Gasteiger partial charge in [0.2, 0.25) is 5.91 Å². The molecule has 0 aliphatic carbocycles. The van der Waals surface area contributed by atoms with Gasteiger partial charge in [0.25, 0.3) is 0 Å². The number of carbonyl (C=O) groups is 2. The van der Waals surface area contributed by atoms with Crippen molar-refractivity contribution in [2.75, 3.05) is 11.5 Å². The van der Waals surface area contributed by atoms with Crippen molar-refractivity contribution in [1.82, 2.24) is 9.88 Å². The number of fused-ring (bicyclic) bond motifs is 2. The number of β-lactam (4-membered cyclic amide) rings is 1. The summed E-state index contributed by atoms with van der Waals surface area (Å²) in [6.07, 6.45) is -0.778. The largest absolute Gasteiger partial charge is 0.477 e. The molecular weight excluding hydrogens is 424 g/mol. The van der Waals surface area contributed by atoms with Crippen LogP contribution in [0.2, 0.25) is 0 Å². The molecule has 27 heavy (non-hydrogen) atoms. The van der Waals surface area contributed by atoms with E-state index < -0.39 is 18.0 Å². The standard InChI is InChI=1S/C17H16N2O4S4/c1-8(20)11-13(21)19-12(15(22)23)16(27-14(11)19)24-6-7-25-17-18-9-4-2-3-5-10(9)26-17/h2-5,8,11,14,20H,6-7H2,1H3,(H,22,23)/t8?,11-,14+/m0/s1. The van der Waals surface area contributed by atoms with Crippen LogP contribution in [0.25, 0.3) is 10.2 Å². The predicted molar refractivity (Wildman–Crippen MR) is 111 cm³/mol. The molecule has 1 amide bonds. The van der Waals surface area contributed by atoms with E-state index in [-0.39, 0.29) is 17.0 Å². The Balaban J connectivity index is 1.37. The molecule has 0 bridgehead atoms. The van der Waals surface area contributed by atoms with Gasteiger partial charge in [-0.2, -0.15) is 0 Å². The fraction of sp³-hybridized carbons (Fsp3) is 0.353. The third kappa shape index (κ3) is 3.49. The normalized spacial score (nSPS) is 22.9. The molecule has 3 atom stereocenters. The lowest BCUT2D eigenvalue weighted by Gasteiger charge is -2.43. The van der Waals surface area contributed by atoms with Crippen LogP contribution in [0.3, 0.4) is 0 Å². The van der Waals surface area contributed by atoms with Gasteiger partial charge in [0.15, 0.2) is 10.0 Å². The summed E-state index contributed by atoms with van der Waals surface area (Å²) < 4.78 is 2.80. The SMILES string of the molecule is CC(O)[C@H]1C(=O)N2C(C(=O)O)=C(SCCSc3nc4ccccc4s3)S[C@H]12. The van der Waals surface area contributed by atoms with Crippen LogP contribution < -0.4 is 0 Å². The molecule has 2 aliphatic heterocycles. The Kier molecular flexibility index (Phi) is 5.43. The van der Waals surface area contributed by atoms with E-state index in [4.69, 9.17) is 0 Å². The molecule has 1 aromatic heterocycles. The number of aliphatic hydroxyl groups excluding tert-OH is 1. The Morgan fingerprint density at radius 2 is 2.07 bits per heavy atom. The Labute approximate surface area is 172 Å². The summed E-state index contributed by atoms with van der Waals surface area (Å²) in [4.78, 5) is 29.7. The lowest BCUT2D eigenvalue weighted by atomic mass is 9.92. The van der Waals surface area contributed by atoms with Crippen LogP contribution in [0.4, 0.5) is 0 Å². The van der Waals surface area contributed by atoms with Crippen molar-refractivity contribution >= 4 is 68.7 Å². The molecular formula is C17H16N2O4S4. The summed E-state index contributed by atoms with van der Waals surface area (Å²) in [5, 5.41) is 19.0. The number of hydrogen-bond donors (Lipinski definition) is 2. The number of para-hydroxylation sites is 1. The second kappa shape index (κ2) is 7.67. The highest BCUT2D eigenvalue weighted by molar-refractivity contribution is 8.23. The van der Waals surface area contributed by atoms with Gasteiger partial charge in [-0.1, -0.05) is 35.7 Å². The molecule has 142 valence electrons. The van der Waals surface area contributed by atoms with Gasteiger partial charge in [-0.25, -0.2) is 9.78 Å². The monoisotopic (exact) mass is 440 g/mol. The highest BCUT2D eigenvalue weighted by Gasteiger charge is 2.57. The molecule has 1 saturated heterocycles. The lowest BCUT2D eigenvalue weighted by molar-refractivity contribution is -0.156. The highest BCUT2D eigenvalue weighted by Crippen LogP contribution is 2.53. The molecule has 4 rings (SSSR count). The third-order valence-corrected chi connectivity index (χ3v) is 9.38. The van der Waals surface area contributed by atoms with E-state index in [1.54, 1.807) is 30.0 Å². The maximum Gasteiger partial charge on any atom is 0.354 e. The molecule has 1 unspecified atom stereocenters. The van der Waals surface area contributed by atoms with Crippen LogP contribution >= 0.6 is 46.6 Å². The highest BCUT2D eigenvalue weighted by atomic mass is 32.2. The minimum absolute atomic E-state index is 0.0573. The predicted octanol–water partition coefficient (Wildman–Crippen LogP) is 3.29. The number of carboxylic acids is 1. The van der Waals surface area contributed by atoms with Crippen molar-refractivity contribution < 1.29 is 19.8 Å². The Morgan fingerprint density at radius 3 is 2.78 bits per heavy atom. The van der Waals surface area contributed by atoms with Gasteiger partial charge in [0.05, 0.1) is 26.5 Å². The number of aliphatic hydroxyl groups is 1. The smallest absolute Gasteiger partial charge is 0.354 e. The fourth-order valence-electron chi connectivity index (χ4n) is 3.03. The first-order chi connectivity index (χ1) is 13.0. The fourth-order valence-corrected chi connectivity index (χ4v) is 8.13. The average Bonchev–Trinajstić information content (AvgIpc) is 3.17. The Morgan fingerprint density at radius 1 is 1.33 bits per heavy atom. The topological polar surface area (TPSA) is 90.7 Å². The van der Waals surface area contributed by atoms with E-state index in [1.165, 1.54) is 28.4 Å². The lowest BCUT2D eigenvalue weighted by Crippen LogP contribution is -2.60. The van der Waals surface area contributed by atoms with Crippen molar-refractivity contribution in [3.63, 3.8) is 0 Å². The number of carbonyl (C=O) groups excluding carboxylic acids is 1. The van der Waals surface area contributed by atoms with Gasteiger partial charge in [-0.05, 0) is 19.1 Å². The van der Waals surface area contributed by atoms with E-state index in [9.17, 15) is 19.8 Å². The molecule has 0 radical (unpaired) electrons. The summed E-state index contributed by atoms with van der Waals surface area (Å²) in [6, 6.07) is 8.00. The van der Waals surface area contributed by atoms with Crippen molar-refractivity contribution in [3.05, 3.63) is 34.2 Å². The number of aliphatic carboxylic acids is 1. The molecule has 10 heteroatoms. The summed E-state index contributed by atoms with van der Waals surface area (Å²) in [7, 11) is 0. The summed E-state index contributed by atoms with van der Waals surface area (Å²) in [5.41, 5.74) is 1.05. The van der Waals surface area contributed by atoms with Crippen LogP contribution in [0.15, 0.2) is 38.5 Å². The van der Waals surface area contributed by atoms with E-state index >= 15 is 0 Å². The van der Waals surface area contributed by atoms with Crippen molar-refractivity contribution in [2.45, 2.75) is 22.7 Å². The summed E-state index contributed by atoms with van der Waals surface area (Å²) in [5.74, 6) is -0.420. The van der Waals surface area contributed by atoms with Gasteiger partial charge >= 0.3 is 5.97 Å². The van der Waals surface area contributed by atoms with E-state index in [0.29, 0.717) is 9.99 Å². The van der Waals surface area contributed by atoms with Crippen LogP contribution in [0.5, 0.6) is 0 Å². The van der Waals surface area contributed by atoms with Crippen LogP contribution in [-0.2, 0) is 9.59 Å². The maximum atomic E-state index is 12.2. The quantitative estimate of drug-likeness (QED) is 0.385. The number of thioether (sulfide) groups is 3. The molecule has 3 heterocycles. The molecule has 2 N–H and O–H groups in total. The first-order valence-electron chi connectivity index (χ1n) is 8.24. The zero-order valence-electron chi connectivity index (χ0n) is 14.2. The molecule has 2 aromatic rings. The number of hydrogen-bond acceptors (Lipinski definition) is 8. The number of aromatic nitrogens is 1. The zero-order valence-corrected chi connectivity index (χ0v) is 17.5. The summed E-state index contributed by atoms with van der Waals surface area (Å²) in [6.45, 7) is 1.57. The zero-order chi connectivity index (χ0) is 19.1. The number of benzene rings is 1. The first-order valence-corrected chi connectivity index (χ1v) is 11.9. The summed E-state index contributed by atoms with van der Waals surface area (Å²) >= 11 is 6.12. The van der Waals surface area contributed by atoms with E-state index in [1.807, 2.05) is 24.3 Å². The van der Waals surface area contributed by atoms with Gasteiger partial charge in [-0.15, -0.1) is 23.1 Å². The number of nitrogens with zero attached hydrogens (tertiary/aromatic N) is 2. The Hall–Kier alpha value is -1.20. The first kappa shape index (κ1) is 19.1. The van der Waals surface area contributed by atoms with Gasteiger partial charge in [0, 0.05) is 11.5 Å². The van der Waals surface area contributed by atoms with Gasteiger partial charge < -0.3 is 10.2 Å². The van der Waals surface area contributed by atoms with Crippen molar-refractivity contribution in [3.8, 4) is 0 Å². The van der Waals surface area contributed by atoms with Crippen LogP contribution in [-0.4, -0.2) is 55.0 Å². The molecule has 2 aliphatic rings. The second-order valence-electron chi connectivity index (χ2n) is 6.07. The van der Waals surface area contributed by atoms with Crippen LogP contribution in [0, 0.1) is 5.92 Å². The van der Waals surface area contributed by atoms with Gasteiger partial charge in [-0.3, -0.25) is 9.69 Å². The average molecular weight is 441 g/mol. The molecule has 6 nitrogen and oxygen atoms in total. The van der Waals surface area contributed by atoms with Crippen molar-refractivity contribution in [2.24, 2.45) is 5.92 Å². The third-order valence-electron chi connectivity index (χ3n) is 4.28. The molecule has 1 fully saturated rings. The van der Waals surface area contributed by atoms with Crippen LogP contribution in [0.1, 0.15) is 6.92 Å². The van der Waals surface area contributed by atoms with E-state index in [2.05, 4.69) is 4.98 Å². The minimum atomic E-state index is -1.09. The number of rotatable bonds is 7. The maximum absolute atomic E-state index is 12.2. The van der Waals surface area contributed by atoms with Crippen molar-refractivity contribution in [1.29, 1.82) is 0 Å². The number of carboxylic acid groups (broad SMARTS) is 1. The Bertz CT molecular complexity index is 909. The molecule has 1 aromatic carbocycles. The molecule has 0 saturated carbocycles. The molecule has 0 spiro atoms. The van der Waals surface area contributed by atoms with E-state index in [0.717, 1.165) is 20.3 Å². The number of amides is 1.